The van der Waals surface area contributed by atoms with Crippen LogP contribution in [0.2, 0.25) is 0 Å². The molecule has 2 aromatic heterocycles. The standard InChI is InChI=1S/C13H17N3O4/c1-13(19)8(2-6(3-17)11(13)18)7-4-20-10-9(7)15-5-16-12(10)14/h4-6,8,11,17-19H,2-3H2,1H3,(H2,14,15,16)/t6-,8+,11-,13+/m1/s1. The minimum Gasteiger partial charge on any atom is -0.458 e. The Balaban J connectivity index is 2.10. The summed E-state index contributed by atoms with van der Waals surface area (Å²) in [6, 6.07) is 0. The molecule has 2 aromatic rings. The predicted molar refractivity (Wildman–Crippen MR) is 70.8 cm³/mol. The lowest BCUT2D eigenvalue weighted by Gasteiger charge is -2.28. The number of aliphatic hydroxyl groups excluding tert-OH is 2. The van der Waals surface area contributed by atoms with Gasteiger partial charge in [0.15, 0.2) is 11.4 Å². The molecule has 0 aliphatic heterocycles. The third-order valence-electron chi connectivity index (χ3n) is 4.31. The average Bonchev–Trinajstić information content (AvgIpc) is 2.92. The maximum atomic E-state index is 10.5. The molecule has 0 radical (unpaired) electrons. The summed E-state index contributed by atoms with van der Waals surface area (Å²) in [4.78, 5) is 8.00. The van der Waals surface area contributed by atoms with Crippen LogP contribution >= 0.6 is 0 Å². The fourth-order valence-electron chi connectivity index (χ4n) is 3.10. The zero-order valence-electron chi connectivity index (χ0n) is 11.0. The molecule has 3 rings (SSSR count). The first-order chi connectivity index (χ1) is 9.46. The van der Waals surface area contributed by atoms with Gasteiger partial charge in [-0.15, -0.1) is 0 Å². The quantitative estimate of drug-likeness (QED) is 0.610. The molecule has 0 saturated heterocycles. The molecule has 1 saturated carbocycles. The summed E-state index contributed by atoms with van der Waals surface area (Å²) < 4.78 is 5.38. The Morgan fingerprint density at radius 1 is 1.50 bits per heavy atom. The van der Waals surface area contributed by atoms with Gasteiger partial charge in [-0.2, -0.15) is 0 Å². The molecule has 5 N–H and O–H groups in total. The highest BCUT2D eigenvalue weighted by Gasteiger charge is 2.51. The first kappa shape index (κ1) is 13.3. The van der Waals surface area contributed by atoms with E-state index in [2.05, 4.69) is 9.97 Å². The molecule has 0 aromatic carbocycles. The fourth-order valence-corrected chi connectivity index (χ4v) is 3.10. The van der Waals surface area contributed by atoms with Gasteiger partial charge in [0.25, 0.3) is 0 Å². The van der Waals surface area contributed by atoms with Gasteiger partial charge in [0, 0.05) is 24.0 Å². The van der Waals surface area contributed by atoms with E-state index >= 15 is 0 Å². The molecule has 1 aliphatic rings. The second-order valence-electron chi connectivity index (χ2n) is 5.53. The van der Waals surface area contributed by atoms with Crippen LogP contribution in [0.5, 0.6) is 0 Å². The van der Waals surface area contributed by atoms with Gasteiger partial charge in [0.05, 0.1) is 18.0 Å². The van der Waals surface area contributed by atoms with Crippen molar-refractivity contribution in [1.82, 2.24) is 9.97 Å². The minimum absolute atomic E-state index is 0.180. The van der Waals surface area contributed by atoms with E-state index in [0.29, 0.717) is 23.1 Å². The zero-order valence-corrected chi connectivity index (χ0v) is 11.0. The van der Waals surface area contributed by atoms with Crippen molar-refractivity contribution in [3.05, 3.63) is 18.2 Å². The largest absolute Gasteiger partial charge is 0.458 e. The molecule has 4 atom stereocenters. The normalized spacial score (nSPS) is 33.9. The van der Waals surface area contributed by atoms with E-state index in [0.717, 1.165) is 0 Å². The Kier molecular flexibility index (Phi) is 2.93. The molecule has 0 unspecified atom stereocenters. The molecule has 1 aliphatic carbocycles. The molecule has 7 nitrogen and oxygen atoms in total. The molecule has 7 heteroatoms. The number of hydrogen-bond donors (Lipinski definition) is 4. The van der Waals surface area contributed by atoms with Crippen molar-refractivity contribution in [3.8, 4) is 0 Å². The Morgan fingerprint density at radius 2 is 2.25 bits per heavy atom. The SMILES string of the molecule is C[C@@]1(O)[C@H](O)[C@@H](CO)C[C@H]1c1coc2c(N)ncnc12. The van der Waals surface area contributed by atoms with Crippen molar-refractivity contribution in [2.24, 2.45) is 5.92 Å². The van der Waals surface area contributed by atoms with Gasteiger partial charge in [-0.1, -0.05) is 0 Å². The number of nitrogen functional groups attached to an aromatic ring is 1. The van der Waals surface area contributed by atoms with Gasteiger partial charge in [0.1, 0.15) is 11.8 Å². The summed E-state index contributed by atoms with van der Waals surface area (Å²) >= 11 is 0. The van der Waals surface area contributed by atoms with Crippen LogP contribution < -0.4 is 5.73 Å². The molecule has 1 fully saturated rings. The maximum Gasteiger partial charge on any atom is 0.194 e. The first-order valence-electron chi connectivity index (χ1n) is 6.45. The number of nitrogens with zero attached hydrogens (tertiary/aromatic N) is 2. The summed E-state index contributed by atoms with van der Waals surface area (Å²) in [5, 5.41) is 30.0. The van der Waals surface area contributed by atoms with E-state index in [1.807, 2.05) is 0 Å². The average molecular weight is 279 g/mol. The second kappa shape index (κ2) is 4.41. The molecule has 2 heterocycles. The molecular weight excluding hydrogens is 262 g/mol. The molecule has 0 bridgehead atoms. The number of nitrogens with two attached hydrogens (primary N) is 1. The van der Waals surface area contributed by atoms with Crippen LogP contribution in [0.4, 0.5) is 5.82 Å². The van der Waals surface area contributed by atoms with Gasteiger partial charge in [0.2, 0.25) is 0 Å². The Morgan fingerprint density at radius 3 is 2.90 bits per heavy atom. The van der Waals surface area contributed by atoms with Gasteiger partial charge < -0.3 is 25.5 Å². The topological polar surface area (TPSA) is 126 Å². The van der Waals surface area contributed by atoms with Crippen LogP contribution in [-0.2, 0) is 0 Å². The number of aliphatic hydroxyl groups is 3. The first-order valence-corrected chi connectivity index (χ1v) is 6.45. The summed E-state index contributed by atoms with van der Waals surface area (Å²) in [6.45, 7) is 1.38. The Bertz CT molecular complexity index is 640. The maximum absolute atomic E-state index is 10.5. The van der Waals surface area contributed by atoms with E-state index in [4.69, 9.17) is 10.2 Å². The van der Waals surface area contributed by atoms with Crippen molar-refractivity contribution in [1.29, 1.82) is 0 Å². The van der Waals surface area contributed by atoms with E-state index in [1.54, 1.807) is 6.92 Å². The lowest BCUT2D eigenvalue weighted by molar-refractivity contribution is -0.0684. The van der Waals surface area contributed by atoms with Gasteiger partial charge in [-0.3, -0.25) is 0 Å². The monoisotopic (exact) mass is 279 g/mol. The van der Waals surface area contributed by atoms with Crippen molar-refractivity contribution >= 4 is 16.9 Å². The third kappa shape index (κ3) is 1.71. The van der Waals surface area contributed by atoms with E-state index in [9.17, 15) is 15.3 Å². The summed E-state index contributed by atoms with van der Waals surface area (Å²) in [5.74, 6) is -0.525. The van der Waals surface area contributed by atoms with Crippen LogP contribution in [0.3, 0.4) is 0 Å². The second-order valence-corrected chi connectivity index (χ2v) is 5.53. The highest BCUT2D eigenvalue weighted by Crippen LogP contribution is 2.47. The van der Waals surface area contributed by atoms with Crippen molar-refractivity contribution < 1.29 is 19.7 Å². The van der Waals surface area contributed by atoms with Gasteiger partial charge in [-0.05, 0) is 13.3 Å². The number of fused-ring (bicyclic) bond motifs is 1. The Hall–Kier alpha value is -1.70. The van der Waals surface area contributed by atoms with Crippen molar-refractivity contribution in [3.63, 3.8) is 0 Å². The molecule has 108 valence electrons. The third-order valence-corrected chi connectivity index (χ3v) is 4.31. The van der Waals surface area contributed by atoms with Crippen LogP contribution in [0.1, 0.15) is 24.8 Å². The highest BCUT2D eigenvalue weighted by atomic mass is 16.3. The minimum atomic E-state index is -1.36. The summed E-state index contributed by atoms with van der Waals surface area (Å²) in [7, 11) is 0. The number of anilines is 1. The number of furan rings is 1. The van der Waals surface area contributed by atoms with Crippen molar-refractivity contribution in [2.45, 2.75) is 31.0 Å². The highest BCUT2D eigenvalue weighted by molar-refractivity contribution is 5.85. The van der Waals surface area contributed by atoms with Gasteiger partial charge >= 0.3 is 0 Å². The smallest absolute Gasteiger partial charge is 0.194 e. The van der Waals surface area contributed by atoms with E-state index in [1.165, 1.54) is 12.6 Å². The van der Waals surface area contributed by atoms with Crippen LogP contribution in [0.25, 0.3) is 11.1 Å². The predicted octanol–water partition coefficient (Wildman–Crippen LogP) is 0.0127. The Labute approximate surface area is 115 Å². The zero-order chi connectivity index (χ0) is 14.5. The van der Waals surface area contributed by atoms with E-state index in [-0.39, 0.29) is 24.3 Å². The van der Waals surface area contributed by atoms with Crippen molar-refractivity contribution in [2.75, 3.05) is 12.3 Å². The molecule has 0 amide bonds. The fraction of sp³-hybridized carbons (Fsp3) is 0.538. The molecular formula is C13H17N3O4. The summed E-state index contributed by atoms with van der Waals surface area (Å²) in [5.41, 5.74) is 5.95. The summed E-state index contributed by atoms with van der Waals surface area (Å²) in [6.07, 6.45) is 2.27. The van der Waals surface area contributed by atoms with Gasteiger partial charge in [-0.25, -0.2) is 9.97 Å². The number of aromatic nitrogens is 2. The van der Waals surface area contributed by atoms with Crippen LogP contribution in [0.15, 0.2) is 17.0 Å². The lowest BCUT2D eigenvalue weighted by Crippen LogP contribution is -2.41. The van der Waals surface area contributed by atoms with Crippen LogP contribution in [0, 0.1) is 5.92 Å². The van der Waals surface area contributed by atoms with Crippen LogP contribution in [-0.4, -0.2) is 43.6 Å². The van der Waals surface area contributed by atoms with E-state index < -0.39 is 11.7 Å². The molecule has 0 spiro atoms. The lowest BCUT2D eigenvalue weighted by atomic mass is 9.86. The molecule has 20 heavy (non-hydrogen) atoms. The number of rotatable bonds is 2. The number of hydrogen-bond acceptors (Lipinski definition) is 7.